The number of hydrogen-bond donors (Lipinski definition) is 2. The zero-order valence-electron chi connectivity index (χ0n) is 11.7. The summed E-state index contributed by atoms with van der Waals surface area (Å²) in [6, 6.07) is 14.7. The highest BCUT2D eigenvalue weighted by Crippen LogP contribution is 2.11. The van der Waals surface area contributed by atoms with Crippen LogP contribution in [0.5, 0.6) is 0 Å². The molecule has 0 aliphatic carbocycles. The number of furan rings is 1. The molecule has 0 aliphatic heterocycles. The molecule has 0 saturated heterocycles. The molecular weight excluding hydrogens is 280 g/mol. The number of nitrogens with zero attached hydrogens (tertiary/aromatic N) is 2. The fraction of sp³-hybridized carbons (Fsp3) is 0.0625. The Bertz CT molecular complexity index is 742. The lowest BCUT2D eigenvalue weighted by Gasteiger charge is -2.06. The van der Waals surface area contributed by atoms with Crippen molar-refractivity contribution >= 4 is 17.5 Å². The van der Waals surface area contributed by atoms with E-state index in [4.69, 9.17) is 4.42 Å². The van der Waals surface area contributed by atoms with E-state index < -0.39 is 0 Å². The summed E-state index contributed by atoms with van der Waals surface area (Å²) >= 11 is 0. The SMILES string of the molecule is O=C(NCc1ccco1)c1ccnc(Nc2ccccc2)n1. The van der Waals surface area contributed by atoms with Crippen LogP contribution in [0.15, 0.2) is 65.4 Å². The zero-order valence-corrected chi connectivity index (χ0v) is 11.7. The van der Waals surface area contributed by atoms with E-state index in [1.807, 2.05) is 30.3 Å². The van der Waals surface area contributed by atoms with Crippen LogP contribution in [-0.4, -0.2) is 15.9 Å². The number of aromatic nitrogens is 2. The molecule has 1 amide bonds. The fourth-order valence-corrected chi connectivity index (χ4v) is 1.87. The first kappa shape index (κ1) is 13.8. The second kappa shape index (κ2) is 6.53. The largest absolute Gasteiger partial charge is 0.467 e. The maximum atomic E-state index is 12.1. The van der Waals surface area contributed by atoms with Gasteiger partial charge in [0.05, 0.1) is 12.8 Å². The molecule has 0 aliphatic rings. The summed E-state index contributed by atoms with van der Waals surface area (Å²) in [4.78, 5) is 20.4. The van der Waals surface area contributed by atoms with Gasteiger partial charge in [-0.2, -0.15) is 0 Å². The van der Waals surface area contributed by atoms with E-state index in [2.05, 4.69) is 20.6 Å². The van der Waals surface area contributed by atoms with E-state index >= 15 is 0 Å². The third-order valence-corrected chi connectivity index (χ3v) is 2.92. The topological polar surface area (TPSA) is 80.0 Å². The molecule has 0 unspecified atom stereocenters. The number of carbonyl (C=O) groups is 1. The third-order valence-electron chi connectivity index (χ3n) is 2.92. The first-order chi connectivity index (χ1) is 10.8. The van der Waals surface area contributed by atoms with Gasteiger partial charge in [0.2, 0.25) is 5.95 Å². The number of hydrogen-bond acceptors (Lipinski definition) is 5. The molecule has 2 N–H and O–H groups in total. The van der Waals surface area contributed by atoms with Crippen LogP contribution in [0.2, 0.25) is 0 Å². The van der Waals surface area contributed by atoms with Gasteiger partial charge in [-0.05, 0) is 30.3 Å². The first-order valence-corrected chi connectivity index (χ1v) is 6.77. The molecule has 2 aromatic heterocycles. The predicted octanol–water partition coefficient (Wildman–Crippen LogP) is 2.74. The normalized spacial score (nSPS) is 10.2. The summed E-state index contributed by atoms with van der Waals surface area (Å²) in [7, 11) is 0. The Morgan fingerprint density at radius 3 is 2.73 bits per heavy atom. The van der Waals surface area contributed by atoms with Crippen LogP contribution in [0, 0.1) is 0 Å². The third kappa shape index (κ3) is 3.49. The van der Waals surface area contributed by atoms with Gasteiger partial charge in [-0.15, -0.1) is 0 Å². The lowest BCUT2D eigenvalue weighted by Crippen LogP contribution is -2.23. The zero-order chi connectivity index (χ0) is 15.2. The van der Waals surface area contributed by atoms with Crippen LogP contribution in [-0.2, 0) is 6.54 Å². The van der Waals surface area contributed by atoms with Gasteiger partial charge in [0, 0.05) is 11.9 Å². The van der Waals surface area contributed by atoms with Crippen LogP contribution in [0.1, 0.15) is 16.2 Å². The molecule has 1 aromatic carbocycles. The minimum absolute atomic E-state index is 0.282. The van der Waals surface area contributed by atoms with Gasteiger partial charge in [-0.25, -0.2) is 9.97 Å². The highest BCUT2D eigenvalue weighted by atomic mass is 16.3. The molecule has 3 rings (SSSR count). The molecule has 0 spiro atoms. The number of amides is 1. The standard InChI is InChI=1S/C16H14N4O2/c21-15(18-11-13-7-4-10-22-13)14-8-9-17-16(20-14)19-12-5-2-1-3-6-12/h1-10H,11H2,(H,18,21)(H,17,19,20). The monoisotopic (exact) mass is 294 g/mol. The maximum absolute atomic E-state index is 12.1. The van der Waals surface area contributed by atoms with Crippen molar-refractivity contribution < 1.29 is 9.21 Å². The number of benzene rings is 1. The van der Waals surface area contributed by atoms with Crippen LogP contribution >= 0.6 is 0 Å². The van der Waals surface area contributed by atoms with Crippen LogP contribution in [0.4, 0.5) is 11.6 Å². The predicted molar refractivity (Wildman–Crippen MR) is 81.6 cm³/mol. The Labute approximate surface area is 127 Å². The van der Waals surface area contributed by atoms with Gasteiger partial charge in [0.15, 0.2) is 0 Å². The molecule has 110 valence electrons. The Kier molecular flexibility index (Phi) is 4.10. The molecule has 0 radical (unpaired) electrons. The molecule has 0 fully saturated rings. The van der Waals surface area contributed by atoms with Crippen molar-refractivity contribution in [1.29, 1.82) is 0 Å². The maximum Gasteiger partial charge on any atom is 0.270 e. The van der Waals surface area contributed by atoms with Gasteiger partial charge in [-0.3, -0.25) is 4.79 Å². The Morgan fingerprint density at radius 2 is 1.95 bits per heavy atom. The Balaban J connectivity index is 1.66. The molecule has 2 heterocycles. The average molecular weight is 294 g/mol. The molecule has 22 heavy (non-hydrogen) atoms. The minimum Gasteiger partial charge on any atom is -0.467 e. The van der Waals surface area contributed by atoms with Crippen LogP contribution < -0.4 is 10.6 Å². The Morgan fingerprint density at radius 1 is 1.09 bits per heavy atom. The lowest BCUT2D eigenvalue weighted by molar-refractivity contribution is 0.0943. The van der Waals surface area contributed by atoms with Crippen molar-refractivity contribution in [2.45, 2.75) is 6.54 Å². The van der Waals surface area contributed by atoms with Crippen molar-refractivity contribution in [3.63, 3.8) is 0 Å². The van der Waals surface area contributed by atoms with E-state index in [1.165, 1.54) is 0 Å². The molecule has 6 heteroatoms. The van der Waals surface area contributed by atoms with Gasteiger partial charge >= 0.3 is 0 Å². The highest BCUT2D eigenvalue weighted by molar-refractivity contribution is 5.92. The van der Waals surface area contributed by atoms with Crippen molar-refractivity contribution in [3.05, 3.63) is 72.4 Å². The number of para-hydroxylation sites is 1. The van der Waals surface area contributed by atoms with Gasteiger partial charge in [0.25, 0.3) is 5.91 Å². The molecule has 0 atom stereocenters. The summed E-state index contributed by atoms with van der Waals surface area (Å²) in [6.45, 7) is 0.317. The molecule has 0 bridgehead atoms. The lowest BCUT2D eigenvalue weighted by atomic mass is 10.3. The summed E-state index contributed by atoms with van der Waals surface area (Å²) in [5, 5.41) is 5.79. The van der Waals surface area contributed by atoms with E-state index in [-0.39, 0.29) is 5.91 Å². The van der Waals surface area contributed by atoms with Crippen LogP contribution in [0.3, 0.4) is 0 Å². The highest BCUT2D eigenvalue weighted by Gasteiger charge is 2.09. The fourth-order valence-electron chi connectivity index (χ4n) is 1.87. The van der Waals surface area contributed by atoms with Crippen molar-refractivity contribution in [2.75, 3.05) is 5.32 Å². The summed E-state index contributed by atoms with van der Waals surface area (Å²) in [5.41, 5.74) is 1.15. The number of carbonyl (C=O) groups excluding carboxylic acids is 1. The van der Waals surface area contributed by atoms with Gasteiger partial charge in [0.1, 0.15) is 11.5 Å². The van der Waals surface area contributed by atoms with E-state index in [0.29, 0.717) is 23.9 Å². The van der Waals surface area contributed by atoms with Crippen molar-refractivity contribution in [1.82, 2.24) is 15.3 Å². The van der Waals surface area contributed by atoms with Gasteiger partial charge in [-0.1, -0.05) is 18.2 Å². The quantitative estimate of drug-likeness (QED) is 0.756. The number of anilines is 2. The smallest absolute Gasteiger partial charge is 0.270 e. The van der Waals surface area contributed by atoms with Crippen molar-refractivity contribution in [3.8, 4) is 0 Å². The summed E-state index contributed by atoms with van der Waals surface area (Å²) in [5.74, 6) is 0.775. The van der Waals surface area contributed by atoms with Crippen molar-refractivity contribution in [2.24, 2.45) is 0 Å². The number of rotatable bonds is 5. The molecule has 0 saturated carbocycles. The molecular formula is C16H14N4O2. The first-order valence-electron chi connectivity index (χ1n) is 6.77. The van der Waals surface area contributed by atoms with E-state index in [9.17, 15) is 4.79 Å². The summed E-state index contributed by atoms with van der Waals surface area (Å²) in [6.07, 6.45) is 3.11. The molecule has 3 aromatic rings. The number of nitrogens with one attached hydrogen (secondary N) is 2. The second-order valence-electron chi connectivity index (χ2n) is 4.52. The second-order valence-corrected chi connectivity index (χ2v) is 4.52. The molecule has 6 nitrogen and oxygen atoms in total. The summed E-state index contributed by atoms with van der Waals surface area (Å²) < 4.78 is 5.16. The van der Waals surface area contributed by atoms with E-state index in [1.54, 1.807) is 30.7 Å². The van der Waals surface area contributed by atoms with Crippen LogP contribution in [0.25, 0.3) is 0 Å². The minimum atomic E-state index is -0.282. The average Bonchev–Trinajstić information content (AvgIpc) is 3.07. The Hall–Kier alpha value is -3.15. The van der Waals surface area contributed by atoms with Gasteiger partial charge < -0.3 is 15.1 Å². The van der Waals surface area contributed by atoms with E-state index in [0.717, 1.165) is 5.69 Å².